The monoisotopic (exact) mass is 478 g/mol. The Morgan fingerprint density at radius 2 is 1.68 bits per heavy atom. The second-order valence-corrected chi connectivity index (χ2v) is 8.37. The molecule has 0 aliphatic rings. The highest BCUT2D eigenvalue weighted by Gasteiger charge is 2.17. The first kappa shape index (κ1) is 23.1. The van der Waals surface area contributed by atoms with Gasteiger partial charge in [-0.15, -0.1) is 0 Å². The third-order valence-electron chi connectivity index (χ3n) is 4.77. The summed E-state index contributed by atoms with van der Waals surface area (Å²) in [6, 6.07) is 10.5. The minimum atomic E-state index is -0.362. The Labute approximate surface area is 195 Å². The fraction of sp³-hybridized carbons (Fsp3) is 0.227. The summed E-state index contributed by atoms with van der Waals surface area (Å²) in [5, 5.41) is 11.2. The van der Waals surface area contributed by atoms with Crippen molar-refractivity contribution in [2.75, 3.05) is 11.9 Å². The first-order valence-corrected chi connectivity index (χ1v) is 10.6. The molecule has 3 rings (SSSR count). The van der Waals surface area contributed by atoms with E-state index in [1.807, 2.05) is 26.8 Å². The highest BCUT2D eigenvalue weighted by Crippen LogP contribution is 2.26. The molecule has 2 aromatic carbocycles. The third-order valence-corrected chi connectivity index (χ3v) is 5.82. The molecule has 0 saturated carbocycles. The topological polar surface area (TPSA) is 76.0 Å². The molecule has 1 aromatic heterocycles. The number of hydrogen-bond donors (Lipinski definition) is 2. The van der Waals surface area contributed by atoms with E-state index in [-0.39, 0.29) is 24.8 Å². The van der Waals surface area contributed by atoms with E-state index in [0.717, 1.165) is 28.2 Å². The van der Waals surface area contributed by atoms with Gasteiger partial charge in [0.1, 0.15) is 0 Å². The SMILES string of the molecule is Cc1ccc(NC(=O)CNC(=O)Cc2c(C)nn(-c3ccc(Cl)c(Cl)c3)c2C)c(Cl)c1. The van der Waals surface area contributed by atoms with Crippen LogP contribution in [-0.4, -0.2) is 28.1 Å². The molecule has 0 aliphatic carbocycles. The average Bonchev–Trinajstić information content (AvgIpc) is 2.99. The minimum absolute atomic E-state index is 0.0948. The molecular formula is C22H21Cl3N4O2. The zero-order valence-corrected chi connectivity index (χ0v) is 19.5. The van der Waals surface area contributed by atoms with Crippen LogP contribution in [0.4, 0.5) is 5.69 Å². The maximum Gasteiger partial charge on any atom is 0.243 e. The zero-order chi connectivity index (χ0) is 22.7. The summed E-state index contributed by atoms with van der Waals surface area (Å²) in [5.41, 5.74) is 4.54. The average molecular weight is 480 g/mol. The molecule has 0 bridgehead atoms. The van der Waals surface area contributed by atoms with Gasteiger partial charge < -0.3 is 10.6 Å². The van der Waals surface area contributed by atoms with Crippen LogP contribution in [0.1, 0.15) is 22.5 Å². The second kappa shape index (κ2) is 9.73. The number of amides is 2. The van der Waals surface area contributed by atoms with E-state index in [4.69, 9.17) is 34.8 Å². The molecule has 0 unspecified atom stereocenters. The number of benzene rings is 2. The van der Waals surface area contributed by atoms with Crippen LogP contribution in [0.2, 0.25) is 15.1 Å². The van der Waals surface area contributed by atoms with E-state index in [2.05, 4.69) is 15.7 Å². The van der Waals surface area contributed by atoms with Crippen molar-refractivity contribution in [2.24, 2.45) is 0 Å². The van der Waals surface area contributed by atoms with E-state index in [1.165, 1.54) is 0 Å². The number of halogens is 3. The van der Waals surface area contributed by atoms with Crippen LogP contribution in [0.15, 0.2) is 36.4 Å². The van der Waals surface area contributed by atoms with E-state index in [0.29, 0.717) is 20.8 Å². The van der Waals surface area contributed by atoms with E-state index < -0.39 is 0 Å². The third kappa shape index (κ3) is 5.58. The van der Waals surface area contributed by atoms with Crippen LogP contribution in [0.5, 0.6) is 0 Å². The van der Waals surface area contributed by atoms with Gasteiger partial charge in [-0.05, 0) is 56.7 Å². The Bertz CT molecular complexity index is 1160. The van der Waals surface area contributed by atoms with Crippen molar-refractivity contribution >= 4 is 52.3 Å². The van der Waals surface area contributed by atoms with Crippen LogP contribution in [0.3, 0.4) is 0 Å². The molecule has 31 heavy (non-hydrogen) atoms. The number of nitrogens with one attached hydrogen (secondary N) is 2. The van der Waals surface area contributed by atoms with Crippen molar-refractivity contribution in [1.82, 2.24) is 15.1 Å². The summed E-state index contributed by atoms with van der Waals surface area (Å²) in [6.45, 7) is 5.44. The molecule has 0 fully saturated rings. The van der Waals surface area contributed by atoms with Crippen molar-refractivity contribution in [3.63, 3.8) is 0 Å². The largest absolute Gasteiger partial charge is 0.347 e. The normalized spacial score (nSPS) is 10.8. The summed E-state index contributed by atoms with van der Waals surface area (Å²) in [4.78, 5) is 24.6. The minimum Gasteiger partial charge on any atom is -0.347 e. The smallest absolute Gasteiger partial charge is 0.243 e. The molecule has 1 heterocycles. The standard InChI is InChI=1S/C22H21Cl3N4O2/c1-12-4-7-20(19(25)8-12)27-22(31)11-26-21(30)10-16-13(2)28-29(14(16)3)15-5-6-17(23)18(24)9-15/h4-9H,10-11H2,1-3H3,(H,26,30)(H,27,31). The predicted molar refractivity (Wildman–Crippen MR) is 125 cm³/mol. The van der Waals surface area contributed by atoms with Gasteiger partial charge in [-0.1, -0.05) is 40.9 Å². The Morgan fingerprint density at radius 3 is 2.35 bits per heavy atom. The number of carbonyl (C=O) groups excluding carboxylic acids is 2. The molecule has 2 amide bonds. The van der Waals surface area contributed by atoms with Crippen molar-refractivity contribution in [1.29, 1.82) is 0 Å². The van der Waals surface area contributed by atoms with Crippen molar-refractivity contribution in [2.45, 2.75) is 27.2 Å². The first-order chi connectivity index (χ1) is 14.7. The highest BCUT2D eigenvalue weighted by atomic mass is 35.5. The summed E-state index contributed by atoms with van der Waals surface area (Å²) >= 11 is 18.2. The van der Waals surface area contributed by atoms with Gasteiger partial charge in [-0.2, -0.15) is 5.10 Å². The summed E-state index contributed by atoms with van der Waals surface area (Å²) in [5.74, 6) is -0.649. The summed E-state index contributed by atoms with van der Waals surface area (Å²) in [6.07, 6.45) is 0.0948. The Kier molecular flexibility index (Phi) is 7.26. The van der Waals surface area contributed by atoms with Gasteiger partial charge in [-0.3, -0.25) is 9.59 Å². The molecule has 6 nitrogen and oxygen atoms in total. The Morgan fingerprint density at radius 1 is 0.935 bits per heavy atom. The molecule has 162 valence electrons. The van der Waals surface area contributed by atoms with E-state index in [1.54, 1.807) is 35.0 Å². The van der Waals surface area contributed by atoms with Crippen molar-refractivity contribution < 1.29 is 9.59 Å². The first-order valence-electron chi connectivity index (χ1n) is 9.49. The van der Waals surface area contributed by atoms with Gasteiger partial charge in [0.2, 0.25) is 11.8 Å². The second-order valence-electron chi connectivity index (χ2n) is 7.14. The molecule has 0 atom stereocenters. The Balaban J connectivity index is 1.63. The number of anilines is 1. The highest BCUT2D eigenvalue weighted by molar-refractivity contribution is 6.42. The maximum atomic E-state index is 12.4. The molecule has 0 aliphatic heterocycles. The number of nitrogens with zero attached hydrogens (tertiary/aromatic N) is 2. The summed E-state index contributed by atoms with van der Waals surface area (Å²) in [7, 11) is 0. The predicted octanol–water partition coefficient (Wildman–Crippen LogP) is 5.06. The quantitative estimate of drug-likeness (QED) is 0.519. The Hall–Kier alpha value is -2.54. The molecule has 9 heteroatoms. The van der Waals surface area contributed by atoms with Gasteiger partial charge in [0.25, 0.3) is 0 Å². The van der Waals surface area contributed by atoms with E-state index in [9.17, 15) is 9.59 Å². The van der Waals surface area contributed by atoms with Gasteiger partial charge in [0, 0.05) is 11.3 Å². The number of aryl methyl sites for hydroxylation is 2. The fourth-order valence-corrected chi connectivity index (χ4v) is 3.69. The van der Waals surface area contributed by atoms with Crippen LogP contribution >= 0.6 is 34.8 Å². The lowest BCUT2D eigenvalue weighted by molar-refractivity contribution is -0.123. The van der Waals surface area contributed by atoms with Crippen molar-refractivity contribution in [3.8, 4) is 5.69 Å². The molecule has 0 spiro atoms. The molecule has 0 saturated heterocycles. The molecular weight excluding hydrogens is 459 g/mol. The van der Waals surface area contributed by atoms with Gasteiger partial charge >= 0.3 is 0 Å². The van der Waals surface area contributed by atoms with Crippen LogP contribution in [0.25, 0.3) is 5.69 Å². The van der Waals surface area contributed by atoms with E-state index >= 15 is 0 Å². The molecule has 0 radical (unpaired) electrons. The molecule has 2 N–H and O–H groups in total. The molecule has 3 aromatic rings. The fourth-order valence-electron chi connectivity index (χ4n) is 3.12. The maximum absolute atomic E-state index is 12.4. The van der Waals surface area contributed by atoms with Crippen LogP contribution < -0.4 is 10.6 Å². The van der Waals surface area contributed by atoms with Crippen molar-refractivity contribution in [3.05, 3.63) is 74.0 Å². The van der Waals surface area contributed by atoms with Gasteiger partial charge in [-0.25, -0.2) is 4.68 Å². The van der Waals surface area contributed by atoms with Crippen LogP contribution in [-0.2, 0) is 16.0 Å². The lowest BCUT2D eigenvalue weighted by Crippen LogP contribution is -2.34. The lowest BCUT2D eigenvalue weighted by Gasteiger charge is -2.09. The lowest BCUT2D eigenvalue weighted by atomic mass is 10.1. The van der Waals surface area contributed by atoms with Gasteiger partial charge in [0.15, 0.2) is 0 Å². The zero-order valence-electron chi connectivity index (χ0n) is 17.2. The van der Waals surface area contributed by atoms with Gasteiger partial charge in [0.05, 0.1) is 45.1 Å². The summed E-state index contributed by atoms with van der Waals surface area (Å²) < 4.78 is 1.71. The number of rotatable bonds is 6. The number of hydrogen-bond acceptors (Lipinski definition) is 3. The number of aromatic nitrogens is 2. The van der Waals surface area contributed by atoms with Crippen LogP contribution in [0, 0.1) is 20.8 Å². The number of carbonyl (C=O) groups is 2.